The van der Waals surface area contributed by atoms with E-state index in [0.29, 0.717) is 94.5 Å². The van der Waals surface area contributed by atoms with Gasteiger partial charge in [0, 0.05) is 82.5 Å². The van der Waals surface area contributed by atoms with Crippen LogP contribution in [0, 0.1) is 10.1 Å². The van der Waals surface area contributed by atoms with E-state index in [1.807, 2.05) is 41.5 Å². The molecule has 0 atom stereocenters. The molecule has 0 radical (unpaired) electrons. The Morgan fingerprint density at radius 2 is 1.17 bits per heavy atom. The molecule has 0 saturated heterocycles. The number of alkyl carbamates (subject to hydrolysis) is 1. The summed E-state index contributed by atoms with van der Waals surface area (Å²) in [6.07, 6.45) is 3.47. The predicted octanol–water partition coefficient (Wildman–Crippen LogP) is 6.96. The zero-order valence-corrected chi connectivity index (χ0v) is 33.2. The summed E-state index contributed by atoms with van der Waals surface area (Å²) < 4.78 is 45.9. The lowest BCUT2D eigenvalue weighted by atomic mass is 10.1. The van der Waals surface area contributed by atoms with Crippen LogP contribution in [0.5, 0.6) is 5.75 Å². The molecule has 15 nitrogen and oxygen atoms in total. The fourth-order valence-electron chi connectivity index (χ4n) is 5.16. The van der Waals surface area contributed by atoms with Crippen LogP contribution in [-0.4, -0.2) is 87.4 Å². The van der Waals surface area contributed by atoms with Gasteiger partial charge in [-0.2, -0.15) is 0 Å². The standard InChI is InChI=1S/C35H55N3O12Si2/c1-7-44-51(45-8-2,46-9-3)25-13-23-36-34(39)43-28-31-27-32(38(41)42)20-19-30(31)18-15-29-16-21-33(22-17-29)50-35(40)37-24-14-26-52(47-10-4,48-11-5)49-12-6/h15-22,27H,7-14,23-26,28H2,1-6H3,(H,36,39)(H,37,40)/b18-15+. The molecule has 0 heterocycles. The number of hydrogen-bond donors (Lipinski definition) is 2. The highest BCUT2D eigenvalue weighted by Gasteiger charge is 2.40. The van der Waals surface area contributed by atoms with Crippen LogP contribution in [0.2, 0.25) is 12.1 Å². The zero-order chi connectivity index (χ0) is 38.2. The van der Waals surface area contributed by atoms with Crippen molar-refractivity contribution < 1.29 is 50.5 Å². The van der Waals surface area contributed by atoms with Gasteiger partial charge in [-0.25, -0.2) is 9.59 Å². The topological polar surface area (TPSA) is 175 Å². The summed E-state index contributed by atoms with van der Waals surface area (Å²) in [6.45, 7) is 14.7. The summed E-state index contributed by atoms with van der Waals surface area (Å²) in [6, 6.07) is 12.3. The molecular weight excluding hydrogens is 711 g/mol. The van der Waals surface area contributed by atoms with Gasteiger partial charge in [0.15, 0.2) is 0 Å². The third-order valence-electron chi connectivity index (χ3n) is 7.29. The maximum absolute atomic E-state index is 12.5. The van der Waals surface area contributed by atoms with E-state index in [-0.39, 0.29) is 12.3 Å². The van der Waals surface area contributed by atoms with Gasteiger partial charge in [-0.1, -0.05) is 24.3 Å². The number of ether oxygens (including phenoxy) is 2. The SMILES string of the molecule is CCO[Si](CCCNC(=O)OCc1cc([N+](=O)[O-])ccc1/C=C/c1ccc(OC(=O)NCCC[Si](OCC)(OCC)OCC)cc1)(OCC)OCC. The van der Waals surface area contributed by atoms with E-state index >= 15 is 0 Å². The van der Waals surface area contributed by atoms with Gasteiger partial charge in [0.1, 0.15) is 12.4 Å². The molecule has 0 aliphatic rings. The van der Waals surface area contributed by atoms with Gasteiger partial charge in [-0.15, -0.1) is 0 Å². The number of non-ortho nitro benzene ring substituents is 1. The summed E-state index contributed by atoms with van der Waals surface area (Å²) in [5.41, 5.74) is 1.74. The Morgan fingerprint density at radius 1 is 0.692 bits per heavy atom. The summed E-state index contributed by atoms with van der Waals surface area (Å²) in [7, 11) is -5.61. The van der Waals surface area contributed by atoms with Crippen LogP contribution < -0.4 is 15.4 Å². The Bertz CT molecular complexity index is 1360. The fourth-order valence-corrected chi connectivity index (χ4v) is 10.4. The normalized spacial score (nSPS) is 11.8. The first-order chi connectivity index (χ1) is 25.1. The number of carbonyl (C=O) groups is 2. The number of carbonyl (C=O) groups excluding carboxylic acids is 2. The van der Waals surface area contributed by atoms with Crippen LogP contribution in [0.4, 0.5) is 15.3 Å². The van der Waals surface area contributed by atoms with Crippen LogP contribution in [0.25, 0.3) is 12.2 Å². The number of nitrogens with one attached hydrogen (secondary N) is 2. The van der Waals surface area contributed by atoms with Crippen LogP contribution in [0.3, 0.4) is 0 Å². The van der Waals surface area contributed by atoms with Crippen LogP contribution in [0.1, 0.15) is 71.1 Å². The van der Waals surface area contributed by atoms with Crippen LogP contribution in [-0.2, 0) is 37.9 Å². The molecule has 0 unspecified atom stereocenters. The predicted molar refractivity (Wildman–Crippen MR) is 201 cm³/mol. The Kier molecular flexibility index (Phi) is 21.0. The summed E-state index contributed by atoms with van der Waals surface area (Å²) in [5.74, 6) is 0.355. The van der Waals surface area contributed by atoms with Gasteiger partial charge >= 0.3 is 29.8 Å². The molecule has 0 saturated carbocycles. The molecule has 0 spiro atoms. The summed E-state index contributed by atoms with van der Waals surface area (Å²) in [5, 5.41) is 16.9. The zero-order valence-electron chi connectivity index (χ0n) is 31.2. The van der Waals surface area contributed by atoms with Crippen molar-refractivity contribution in [1.82, 2.24) is 10.6 Å². The number of rotatable bonds is 26. The number of benzene rings is 2. The Balaban J connectivity index is 1.94. The summed E-state index contributed by atoms with van der Waals surface area (Å²) >= 11 is 0. The maximum Gasteiger partial charge on any atom is 0.500 e. The number of nitro benzene ring substituents is 1. The van der Waals surface area contributed by atoms with Gasteiger partial charge in [-0.05, 0) is 83.7 Å². The van der Waals surface area contributed by atoms with Crippen molar-refractivity contribution in [3.05, 3.63) is 69.3 Å². The van der Waals surface area contributed by atoms with E-state index in [4.69, 9.17) is 36.0 Å². The minimum absolute atomic E-state index is 0.126. The first kappa shape index (κ1) is 44.5. The van der Waals surface area contributed by atoms with Crippen molar-refractivity contribution >= 4 is 47.6 Å². The lowest BCUT2D eigenvalue weighted by Gasteiger charge is -2.28. The van der Waals surface area contributed by atoms with Gasteiger partial charge in [-0.3, -0.25) is 10.1 Å². The molecule has 290 valence electrons. The Labute approximate surface area is 309 Å². The quantitative estimate of drug-likeness (QED) is 0.0332. The van der Waals surface area contributed by atoms with E-state index in [2.05, 4.69) is 10.6 Å². The second kappa shape index (κ2) is 24.5. The van der Waals surface area contributed by atoms with Gasteiger partial charge < -0.3 is 46.7 Å². The molecule has 0 aliphatic heterocycles. The molecular formula is C35H55N3O12Si2. The molecule has 2 N–H and O–H groups in total. The molecule has 2 rings (SSSR count). The molecule has 52 heavy (non-hydrogen) atoms. The Hall–Kier alpha value is -3.69. The minimum atomic E-state index is -2.83. The highest BCUT2D eigenvalue weighted by atomic mass is 28.4. The second-order valence-electron chi connectivity index (χ2n) is 11.0. The lowest BCUT2D eigenvalue weighted by molar-refractivity contribution is -0.384. The van der Waals surface area contributed by atoms with E-state index in [1.54, 1.807) is 42.5 Å². The third kappa shape index (κ3) is 15.9. The van der Waals surface area contributed by atoms with Crippen molar-refractivity contribution in [2.24, 2.45) is 0 Å². The highest BCUT2D eigenvalue weighted by molar-refractivity contribution is 6.61. The van der Waals surface area contributed by atoms with Gasteiger partial charge in [0.2, 0.25) is 0 Å². The van der Waals surface area contributed by atoms with Crippen LogP contribution >= 0.6 is 0 Å². The van der Waals surface area contributed by atoms with E-state index < -0.39 is 34.7 Å². The molecule has 2 aromatic rings. The molecule has 2 amide bonds. The minimum Gasteiger partial charge on any atom is -0.445 e. The maximum atomic E-state index is 12.5. The van der Waals surface area contributed by atoms with Crippen molar-refractivity contribution in [2.75, 3.05) is 52.7 Å². The van der Waals surface area contributed by atoms with E-state index in [9.17, 15) is 19.7 Å². The Morgan fingerprint density at radius 3 is 1.63 bits per heavy atom. The number of amides is 2. The third-order valence-corrected chi connectivity index (χ3v) is 13.6. The highest BCUT2D eigenvalue weighted by Crippen LogP contribution is 2.23. The molecule has 0 aromatic heterocycles. The number of nitrogens with zero attached hydrogens (tertiary/aromatic N) is 1. The number of nitro groups is 1. The van der Waals surface area contributed by atoms with Gasteiger partial charge in [0.05, 0.1) is 4.92 Å². The van der Waals surface area contributed by atoms with Crippen molar-refractivity contribution in [3.63, 3.8) is 0 Å². The van der Waals surface area contributed by atoms with Crippen molar-refractivity contribution in [3.8, 4) is 5.75 Å². The first-order valence-electron chi connectivity index (χ1n) is 17.8. The molecule has 0 bridgehead atoms. The molecule has 2 aromatic carbocycles. The van der Waals surface area contributed by atoms with Gasteiger partial charge in [0.25, 0.3) is 5.69 Å². The molecule has 0 fully saturated rings. The molecule has 17 heteroatoms. The van der Waals surface area contributed by atoms with Crippen LogP contribution in [0.15, 0.2) is 42.5 Å². The molecule has 0 aliphatic carbocycles. The smallest absolute Gasteiger partial charge is 0.445 e. The second-order valence-corrected chi connectivity index (χ2v) is 16.5. The monoisotopic (exact) mass is 765 g/mol. The largest absolute Gasteiger partial charge is 0.500 e. The average molecular weight is 766 g/mol. The lowest BCUT2D eigenvalue weighted by Crippen LogP contribution is -2.46. The average Bonchev–Trinajstić information content (AvgIpc) is 3.11. The number of hydrogen-bond acceptors (Lipinski definition) is 12. The van der Waals surface area contributed by atoms with Crippen molar-refractivity contribution in [1.29, 1.82) is 0 Å². The fraction of sp³-hybridized carbons (Fsp3) is 0.543. The van der Waals surface area contributed by atoms with E-state index in [0.717, 1.165) is 5.56 Å². The summed E-state index contributed by atoms with van der Waals surface area (Å²) in [4.78, 5) is 35.8. The first-order valence-corrected chi connectivity index (χ1v) is 21.7. The van der Waals surface area contributed by atoms with Crippen molar-refractivity contribution in [2.45, 2.75) is 73.1 Å². The van der Waals surface area contributed by atoms with E-state index in [1.165, 1.54) is 12.1 Å².